The normalized spacial score (nSPS) is 10.5. The number of esters is 1. The van der Waals surface area contributed by atoms with Gasteiger partial charge in [-0.1, -0.05) is 12.2 Å². The van der Waals surface area contributed by atoms with Crippen molar-refractivity contribution in [3.05, 3.63) is 25.3 Å². The molecule has 0 aliphatic heterocycles. The molecule has 0 aromatic carbocycles. The molecule has 0 bridgehead atoms. The van der Waals surface area contributed by atoms with E-state index in [1.165, 1.54) is 7.11 Å². The summed E-state index contributed by atoms with van der Waals surface area (Å²) in [7, 11) is 1.40. The summed E-state index contributed by atoms with van der Waals surface area (Å²) in [6.07, 6.45) is 4.68. The van der Waals surface area contributed by atoms with Crippen molar-refractivity contribution < 1.29 is 9.53 Å². The van der Waals surface area contributed by atoms with E-state index >= 15 is 0 Å². The van der Waals surface area contributed by atoms with E-state index < -0.39 is 5.41 Å². The molecule has 0 heterocycles. The van der Waals surface area contributed by atoms with Crippen LogP contribution in [-0.2, 0) is 9.53 Å². The van der Waals surface area contributed by atoms with Gasteiger partial charge in [-0.3, -0.25) is 4.79 Å². The van der Waals surface area contributed by atoms with Crippen LogP contribution in [0.2, 0.25) is 0 Å². The molecule has 0 amide bonds. The summed E-state index contributed by atoms with van der Waals surface area (Å²) in [4.78, 5) is 11.3. The van der Waals surface area contributed by atoms with Crippen LogP contribution in [0.5, 0.6) is 0 Å². The maximum Gasteiger partial charge on any atom is 0.312 e. The van der Waals surface area contributed by atoms with Crippen molar-refractivity contribution in [2.24, 2.45) is 5.41 Å². The van der Waals surface area contributed by atoms with E-state index in [9.17, 15) is 4.79 Å². The van der Waals surface area contributed by atoms with Gasteiger partial charge in [-0.25, -0.2) is 0 Å². The third-order valence-corrected chi connectivity index (χ3v) is 1.87. The molecule has 0 unspecified atom stereocenters. The molecule has 2 nitrogen and oxygen atoms in total. The number of methoxy groups -OCH3 is 1. The summed E-state index contributed by atoms with van der Waals surface area (Å²) >= 11 is 0. The maximum atomic E-state index is 11.3. The van der Waals surface area contributed by atoms with Gasteiger partial charge in [0.25, 0.3) is 0 Å². The molecule has 12 heavy (non-hydrogen) atoms. The molecule has 0 aromatic heterocycles. The van der Waals surface area contributed by atoms with E-state index in [1.54, 1.807) is 12.2 Å². The summed E-state index contributed by atoms with van der Waals surface area (Å²) in [5.74, 6) is -0.206. The van der Waals surface area contributed by atoms with E-state index in [1.807, 2.05) is 6.92 Å². The molecule has 0 fully saturated rings. The van der Waals surface area contributed by atoms with E-state index in [-0.39, 0.29) is 5.97 Å². The molecule has 0 saturated heterocycles. The van der Waals surface area contributed by atoms with Gasteiger partial charge < -0.3 is 4.74 Å². The molecule has 0 saturated carbocycles. The fourth-order valence-corrected chi connectivity index (χ4v) is 1.13. The predicted molar refractivity (Wildman–Crippen MR) is 49.8 cm³/mol. The summed E-state index contributed by atoms with van der Waals surface area (Å²) < 4.78 is 4.69. The van der Waals surface area contributed by atoms with Gasteiger partial charge in [0, 0.05) is 0 Å². The molecular weight excluding hydrogens is 152 g/mol. The van der Waals surface area contributed by atoms with Crippen molar-refractivity contribution in [2.45, 2.75) is 19.8 Å². The highest BCUT2D eigenvalue weighted by atomic mass is 16.5. The third-order valence-electron chi connectivity index (χ3n) is 1.87. The Kier molecular flexibility index (Phi) is 4.34. The number of ether oxygens (including phenoxy) is 1. The Labute approximate surface area is 73.9 Å². The molecule has 0 aliphatic carbocycles. The number of hydrogen-bond acceptors (Lipinski definition) is 2. The number of allylic oxidation sites excluding steroid dienone is 2. The quantitative estimate of drug-likeness (QED) is 0.465. The van der Waals surface area contributed by atoms with Crippen LogP contribution in [0.15, 0.2) is 25.3 Å². The molecule has 0 rings (SSSR count). The average molecular weight is 168 g/mol. The Bertz CT molecular complexity index is 172. The molecule has 0 N–H and O–H groups in total. The average Bonchev–Trinajstić information content (AvgIpc) is 2.04. The number of hydrogen-bond donors (Lipinski definition) is 0. The van der Waals surface area contributed by atoms with Gasteiger partial charge in [0.05, 0.1) is 12.5 Å². The Hall–Kier alpha value is -1.05. The van der Waals surface area contributed by atoms with Crippen molar-refractivity contribution in [2.75, 3.05) is 7.11 Å². The smallest absolute Gasteiger partial charge is 0.312 e. The van der Waals surface area contributed by atoms with Gasteiger partial charge in [-0.15, -0.1) is 13.2 Å². The number of carbonyl (C=O) groups excluding carboxylic acids is 1. The van der Waals surface area contributed by atoms with Crippen LogP contribution < -0.4 is 0 Å². The fourth-order valence-electron chi connectivity index (χ4n) is 1.13. The first-order chi connectivity index (χ1) is 5.60. The Morgan fingerprint density at radius 2 is 1.83 bits per heavy atom. The standard InChI is InChI=1S/C10H16O2/c1-5-7-10(3,8-6-2)9(11)12-4/h5-6H,1-2,7-8H2,3-4H3. The lowest BCUT2D eigenvalue weighted by molar-refractivity contribution is -0.151. The predicted octanol–water partition coefficient (Wildman–Crippen LogP) is 2.32. The Morgan fingerprint density at radius 3 is 2.08 bits per heavy atom. The summed E-state index contributed by atoms with van der Waals surface area (Å²) in [6, 6.07) is 0. The van der Waals surface area contributed by atoms with Gasteiger partial charge in [-0.2, -0.15) is 0 Å². The highest BCUT2D eigenvalue weighted by molar-refractivity contribution is 5.76. The van der Waals surface area contributed by atoms with E-state index in [2.05, 4.69) is 17.9 Å². The fraction of sp³-hybridized carbons (Fsp3) is 0.500. The first-order valence-electron chi connectivity index (χ1n) is 3.91. The molecule has 0 radical (unpaired) electrons. The lowest BCUT2D eigenvalue weighted by Crippen LogP contribution is -2.27. The second-order valence-electron chi connectivity index (χ2n) is 3.04. The van der Waals surface area contributed by atoms with Crippen LogP contribution in [0, 0.1) is 5.41 Å². The van der Waals surface area contributed by atoms with Crippen molar-refractivity contribution in [3.8, 4) is 0 Å². The first-order valence-corrected chi connectivity index (χ1v) is 3.91. The van der Waals surface area contributed by atoms with Gasteiger partial charge in [0.15, 0.2) is 0 Å². The van der Waals surface area contributed by atoms with Crippen LogP contribution in [0.4, 0.5) is 0 Å². The SMILES string of the molecule is C=CCC(C)(CC=C)C(=O)OC. The van der Waals surface area contributed by atoms with Crippen LogP contribution in [-0.4, -0.2) is 13.1 Å². The lowest BCUT2D eigenvalue weighted by atomic mass is 9.83. The summed E-state index contributed by atoms with van der Waals surface area (Å²) in [5, 5.41) is 0. The van der Waals surface area contributed by atoms with Crippen LogP contribution in [0.1, 0.15) is 19.8 Å². The second kappa shape index (κ2) is 4.75. The van der Waals surface area contributed by atoms with Crippen molar-refractivity contribution in [1.29, 1.82) is 0 Å². The van der Waals surface area contributed by atoms with Gasteiger partial charge in [0.1, 0.15) is 0 Å². The number of rotatable bonds is 5. The largest absolute Gasteiger partial charge is 0.469 e. The second-order valence-corrected chi connectivity index (χ2v) is 3.04. The first kappa shape index (κ1) is 11.0. The molecular formula is C10H16O2. The van der Waals surface area contributed by atoms with Crippen molar-refractivity contribution in [1.82, 2.24) is 0 Å². The van der Waals surface area contributed by atoms with Crippen molar-refractivity contribution in [3.63, 3.8) is 0 Å². The minimum absolute atomic E-state index is 0.206. The zero-order valence-electron chi connectivity index (χ0n) is 7.80. The van der Waals surface area contributed by atoms with E-state index in [0.29, 0.717) is 12.8 Å². The van der Waals surface area contributed by atoms with Crippen LogP contribution >= 0.6 is 0 Å². The minimum Gasteiger partial charge on any atom is -0.469 e. The molecule has 68 valence electrons. The van der Waals surface area contributed by atoms with Gasteiger partial charge in [-0.05, 0) is 19.8 Å². The van der Waals surface area contributed by atoms with Crippen LogP contribution in [0.25, 0.3) is 0 Å². The van der Waals surface area contributed by atoms with Gasteiger partial charge in [0.2, 0.25) is 0 Å². The summed E-state index contributed by atoms with van der Waals surface area (Å²) in [5.41, 5.74) is -0.488. The molecule has 0 spiro atoms. The van der Waals surface area contributed by atoms with Crippen molar-refractivity contribution >= 4 is 5.97 Å². The summed E-state index contributed by atoms with van der Waals surface area (Å²) in [6.45, 7) is 9.05. The minimum atomic E-state index is -0.488. The van der Waals surface area contributed by atoms with Gasteiger partial charge >= 0.3 is 5.97 Å². The topological polar surface area (TPSA) is 26.3 Å². The monoisotopic (exact) mass is 168 g/mol. The van der Waals surface area contributed by atoms with Crippen LogP contribution in [0.3, 0.4) is 0 Å². The Balaban J connectivity index is 4.46. The maximum absolute atomic E-state index is 11.3. The zero-order valence-corrected chi connectivity index (χ0v) is 7.80. The molecule has 0 atom stereocenters. The highest BCUT2D eigenvalue weighted by Crippen LogP contribution is 2.28. The van der Waals surface area contributed by atoms with E-state index in [0.717, 1.165) is 0 Å². The molecule has 2 heteroatoms. The Morgan fingerprint density at radius 1 is 1.42 bits per heavy atom. The lowest BCUT2D eigenvalue weighted by Gasteiger charge is -2.23. The molecule has 0 aliphatic rings. The highest BCUT2D eigenvalue weighted by Gasteiger charge is 2.31. The molecule has 0 aromatic rings. The zero-order chi connectivity index (χ0) is 9.61. The third kappa shape index (κ3) is 2.53. The number of carbonyl (C=O) groups is 1. The van der Waals surface area contributed by atoms with E-state index in [4.69, 9.17) is 0 Å².